The lowest BCUT2D eigenvalue weighted by atomic mass is 10.2. The first-order chi connectivity index (χ1) is 9.61. The van der Waals surface area contributed by atoms with E-state index in [9.17, 15) is 4.79 Å². The molecule has 0 atom stereocenters. The van der Waals surface area contributed by atoms with E-state index in [0.717, 1.165) is 5.69 Å². The number of rotatable bonds is 0. The highest BCUT2D eigenvalue weighted by Gasteiger charge is 2.33. The Hall–Kier alpha value is -2.04. The second kappa shape index (κ2) is 4.81. The van der Waals surface area contributed by atoms with Crippen molar-refractivity contribution < 1.29 is 9.53 Å². The van der Waals surface area contributed by atoms with Crippen molar-refractivity contribution in [1.82, 2.24) is 0 Å². The third-order valence-electron chi connectivity index (χ3n) is 2.85. The number of thioether (sulfide) groups is 2. The van der Waals surface area contributed by atoms with Crippen molar-refractivity contribution in [3.8, 4) is 11.8 Å². The number of hydrogen-bond acceptors (Lipinski definition) is 6. The molecule has 0 saturated heterocycles. The summed E-state index contributed by atoms with van der Waals surface area (Å²) >= 11 is 2.36. The number of nitrogens with two attached hydrogens (primary N) is 1. The zero-order chi connectivity index (χ0) is 14.3. The van der Waals surface area contributed by atoms with Crippen molar-refractivity contribution in [2.45, 2.75) is 0 Å². The van der Waals surface area contributed by atoms with Gasteiger partial charge in [0.15, 0.2) is 5.75 Å². The Kier molecular flexibility index (Phi) is 3.12. The summed E-state index contributed by atoms with van der Waals surface area (Å²) in [4.78, 5) is 14.3. The average Bonchev–Trinajstić information content (AvgIpc) is 2.84. The molecule has 0 saturated carbocycles. The first kappa shape index (κ1) is 13.0. The van der Waals surface area contributed by atoms with Crippen LogP contribution in [0.1, 0.15) is 0 Å². The molecule has 20 heavy (non-hydrogen) atoms. The molecule has 2 N–H and O–H groups in total. The van der Waals surface area contributed by atoms with Gasteiger partial charge in [0, 0.05) is 7.05 Å². The summed E-state index contributed by atoms with van der Waals surface area (Å²) in [5.74, 6) is 0.586. The minimum Gasteiger partial charge on any atom is -0.448 e. The second-order valence-corrected chi connectivity index (χ2v) is 6.39. The maximum atomic E-state index is 12.4. The topological polar surface area (TPSA) is 79.4 Å². The fourth-order valence-corrected chi connectivity index (χ4v) is 3.89. The molecule has 2 aliphatic heterocycles. The van der Waals surface area contributed by atoms with E-state index in [2.05, 4.69) is 0 Å². The lowest BCUT2D eigenvalue weighted by Gasteiger charge is -2.27. The first-order valence-corrected chi connectivity index (χ1v) is 7.30. The van der Waals surface area contributed by atoms with Gasteiger partial charge in [0.25, 0.3) is 5.91 Å². The highest BCUT2D eigenvalue weighted by Crippen LogP contribution is 2.49. The number of benzene rings is 1. The molecule has 7 heteroatoms. The molecule has 0 fully saturated rings. The van der Waals surface area contributed by atoms with E-state index in [1.165, 1.54) is 28.4 Å². The number of carbonyl (C=O) groups excluding carboxylic acids is 1. The quantitative estimate of drug-likeness (QED) is 0.741. The maximum absolute atomic E-state index is 12.4. The molecule has 1 amide bonds. The van der Waals surface area contributed by atoms with E-state index in [-0.39, 0.29) is 11.7 Å². The van der Waals surface area contributed by atoms with Crippen LogP contribution in [-0.2, 0) is 4.79 Å². The zero-order valence-electron chi connectivity index (χ0n) is 10.4. The predicted octanol–water partition coefficient (Wildman–Crippen LogP) is 2.34. The number of nitrogens with zero attached hydrogens (tertiary/aromatic N) is 2. The van der Waals surface area contributed by atoms with Crippen LogP contribution in [-0.4, -0.2) is 13.0 Å². The minimum atomic E-state index is -0.245. The molecule has 0 radical (unpaired) electrons. The van der Waals surface area contributed by atoms with Crippen LogP contribution in [0, 0.1) is 11.3 Å². The van der Waals surface area contributed by atoms with Crippen LogP contribution < -0.4 is 15.4 Å². The molecular formula is C13H9N3O2S2. The van der Waals surface area contributed by atoms with Gasteiger partial charge in [-0.1, -0.05) is 35.7 Å². The van der Waals surface area contributed by atoms with Gasteiger partial charge in [0.05, 0.1) is 10.7 Å². The minimum absolute atomic E-state index is 0.217. The fourth-order valence-electron chi connectivity index (χ4n) is 1.85. The lowest BCUT2D eigenvalue weighted by molar-refractivity contribution is -0.117. The Morgan fingerprint density at radius 1 is 1.35 bits per heavy atom. The third-order valence-corrected chi connectivity index (χ3v) is 5.16. The number of allylic oxidation sites excluding steroid dienone is 1. The van der Waals surface area contributed by atoms with E-state index in [4.69, 9.17) is 15.7 Å². The van der Waals surface area contributed by atoms with Crippen molar-refractivity contribution in [3.05, 3.63) is 44.2 Å². The first-order valence-electron chi connectivity index (χ1n) is 5.66. The van der Waals surface area contributed by atoms with Gasteiger partial charge in [0.1, 0.15) is 15.2 Å². The normalized spacial score (nSPS) is 21.6. The number of fused-ring (bicyclic) bond motifs is 1. The third kappa shape index (κ3) is 1.94. The van der Waals surface area contributed by atoms with Crippen molar-refractivity contribution in [2.24, 2.45) is 5.73 Å². The molecule has 2 heterocycles. The molecule has 0 unspecified atom stereocenters. The summed E-state index contributed by atoms with van der Waals surface area (Å²) in [6, 6.07) is 9.31. The number of amides is 1. The van der Waals surface area contributed by atoms with Crippen LogP contribution in [0.25, 0.3) is 0 Å². The number of ether oxygens (including phenoxy) is 1. The van der Waals surface area contributed by atoms with Crippen molar-refractivity contribution >= 4 is 35.1 Å². The van der Waals surface area contributed by atoms with Gasteiger partial charge in [-0.05, 0) is 12.1 Å². The summed E-state index contributed by atoms with van der Waals surface area (Å²) in [7, 11) is 1.69. The molecular weight excluding hydrogens is 294 g/mol. The van der Waals surface area contributed by atoms with E-state index in [1.807, 2.05) is 24.3 Å². The predicted molar refractivity (Wildman–Crippen MR) is 79.5 cm³/mol. The number of carbonyl (C=O) groups is 1. The average molecular weight is 303 g/mol. The fraction of sp³-hybridized carbons (Fsp3) is 0.0769. The monoisotopic (exact) mass is 303 g/mol. The lowest BCUT2D eigenvalue weighted by Crippen LogP contribution is -2.34. The Morgan fingerprint density at radius 2 is 2.10 bits per heavy atom. The Bertz CT molecular complexity index is 719. The van der Waals surface area contributed by atoms with Gasteiger partial charge >= 0.3 is 0 Å². The molecule has 5 nitrogen and oxygen atoms in total. The summed E-state index contributed by atoms with van der Waals surface area (Å²) in [6.07, 6.45) is 0. The summed E-state index contributed by atoms with van der Waals surface area (Å²) in [5.41, 5.74) is 6.46. The van der Waals surface area contributed by atoms with Crippen LogP contribution in [0.5, 0.6) is 5.75 Å². The van der Waals surface area contributed by atoms with E-state index in [0.29, 0.717) is 19.9 Å². The number of para-hydroxylation sites is 2. The van der Waals surface area contributed by atoms with Gasteiger partial charge in [-0.3, -0.25) is 4.79 Å². The molecule has 1 aromatic rings. The van der Waals surface area contributed by atoms with Gasteiger partial charge in [-0.25, -0.2) is 0 Å². The van der Waals surface area contributed by atoms with Crippen LogP contribution in [0.4, 0.5) is 5.69 Å². The van der Waals surface area contributed by atoms with Crippen molar-refractivity contribution in [1.29, 1.82) is 5.26 Å². The Balaban J connectivity index is 2.03. The highest BCUT2D eigenvalue weighted by atomic mass is 32.2. The molecule has 0 spiro atoms. The van der Waals surface area contributed by atoms with Gasteiger partial charge in [0.2, 0.25) is 5.76 Å². The SMILES string of the molecule is CN1C(=O)/C(=C2/SC(N)=C(C#N)S2)Oc2ccccc21. The standard InChI is InChI=1S/C13H9N3O2S2/c1-16-7-4-2-3-5-8(7)18-10(12(16)17)13-19-9(6-14)11(15)20-13/h2-5H,15H2,1H3/b13-10-. The maximum Gasteiger partial charge on any atom is 0.295 e. The van der Waals surface area contributed by atoms with Gasteiger partial charge < -0.3 is 15.4 Å². The molecule has 100 valence electrons. The molecule has 3 rings (SSSR count). The molecule has 1 aromatic carbocycles. The van der Waals surface area contributed by atoms with Crippen molar-refractivity contribution in [3.63, 3.8) is 0 Å². The van der Waals surface area contributed by atoms with Crippen LogP contribution >= 0.6 is 23.5 Å². The Morgan fingerprint density at radius 3 is 2.80 bits per heavy atom. The van der Waals surface area contributed by atoms with Crippen LogP contribution in [0.3, 0.4) is 0 Å². The molecule has 0 bridgehead atoms. The smallest absolute Gasteiger partial charge is 0.295 e. The summed E-state index contributed by atoms with van der Waals surface area (Å²) in [5, 5.41) is 9.35. The number of nitriles is 1. The zero-order valence-corrected chi connectivity index (χ0v) is 12.0. The largest absolute Gasteiger partial charge is 0.448 e. The van der Waals surface area contributed by atoms with Gasteiger partial charge in [-0.15, -0.1) is 0 Å². The highest BCUT2D eigenvalue weighted by molar-refractivity contribution is 8.28. The molecule has 0 aliphatic carbocycles. The van der Waals surface area contributed by atoms with E-state index >= 15 is 0 Å². The van der Waals surface area contributed by atoms with E-state index < -0.39 is 0 Å². The van der Waals surface area contributed by atoms with Crippen molar-refractivity contribution in [2.75, 3.05) is 11.9 Å². The van der Waals surface area contributed by atoms with Gasteiger partial charge in [-0.2, -0.15) is 5.26 Å². The van der Waals surface area contributed by atoms with Crippen LogP contribution in [0.2, 0.25) is 0 Å². The van der Waals surface area contributed by atoms with E-state index in [1.54, 1.807) is 13.1 Å². The summed E-state index contributed by atoms with van der Waals surface area (Å²) < 4.78 is 6.30. The molecule has 2 aliphatic rings. The second-order valence-electron chi connectivity index (χ2n) is 4.06. The number of likely N-dealkylation sites (N-methyl/N-ethyl adjacent to an activating group) is 1. The molecule has 0 aromatic heterocycles. The summed E-state index contributed by atoms with van der Waals surface area (Å²) in [6.45, 7) is 0. The Labute approximate surface area is 124 Å². The van der Waals surface area contributed by atoms with Crippen LogP contribution in [0.15, 0.2) is 44.2 Å². The number of hydrogen-bond donors (Lipinski definition) is 1. The number of anilines is 1.